The van der Waals surface area contributed by atoms with Gasteiger partial charge in [-0.2, -0.15) is 0 Å². The van der Waals surface area contributed by atoms with Crippen molar-refractivity contribution in [3.63, 3.8) is 0 Å². The van der Waals surface area contributed by atoms with Gasteiger partial charge in [0.1, 0.15) is 10.8 Å². The molecular weight excluding hydrogens is 313 g/mol. The Morgan fingerprint density at radius 2 is 2.14 bits per heavy atom. The van der Waals surface area contributed by atoms with Gasteiger partial charge in [0.15, 0.2) is 0 Å². The molecule has 1 aromatic carbocycles. The summed E-state index contributed by atoms with van der Waals surface area (Å²) in [5, 5.41) is 0.666. The molecule has 114 valence electrons. The molecular formula is C13H16FN3O2S2. The minimum atomic E-state index is -3.85. The van der Waals surface area contributed by atoms with E-state index < -0.39 is 21.9 Å². The van der Waals surface area contributed by atoms with E-state index in [4.69, 9.17) is 5.73 Å². The van der Waals surface area contributed by atoms with Gasteiger partial charge >= 0.3 is 0 Å². The van der Waals surface area contributed by atoms with Crippen LogP contribution in [0.25, 0.3) is 0 Å². The summed E-state index contributed by atoms with van der Waals surface area (Å²) in [6.07, 6.45) is 2.57. The first-order valence-corrected chi connectivity index (χ1v) is 8.65. The van der Waals surface area contributed by atoms with Crippen LogP contribution in [0.4, 0.5) is 10.1 Å². The van der Waals surface area contributed by atoms with Crippen molar-refractivity contribution in [3.05, 3.63) is 40.1 Å². The van der Waals surface area contributed by atoms with Crippen LogP contribution in [0, 0.1) is 5.82 Å². The van der Waals surface area contributed by atoms with E-state index in [1.54, 1.807) is 13.1 Å². The SMILES string of the molecule is CCc1cnc(C(C)NS(=O)(=O)c2cc(N)cc(F)c2)s1. The summed E-state index contributed by atoms with van der Waals surface area (Å²) < 4.78 is 40.2. The number of anilines is 1. The van der Waals surface area contributed by atoms with Crippen molar-refractivity contribution in [1.82, 2.24) is 9.71 Å². The second-order valence-corrected chi connectivity index (χ2v) is 7.44. The van der Waals surface area contributed by atoms with Gasteiger partial charge in [-0.25, -0.2) is 22.5 Å². The van der Waals surface area contributed by atoms with E-state index in [1.807, 2.05) is 6.92 Å². The average molecular weight is 329 g/mol. The average Bonchev–Trinajstić information content (AvgIpc) is 2.86. The highest BCUT2D eigenvalue weighted by Gasteiger charge is 2.21. The van der Waals surface area contributed by atoms with Crippen LogP contribution >= 0.6 is 11.3 Å². The summed E-state index contributed by atoms with van der Waals surface area (Å²) in [7, 11) is -3.85. The number of hydrogen-bond donors (Lipinski definition) is 2. The molecule has 0 aliphatic rings. The van der Waals surface area contributed by atoms with Crippen molar-refractivity contribution in [1.29, 1.82) is 0 Å². The largest absolute Gasteiger partial charge is 0.399 e. The molecule has 3 N–H and O–H groups in total. The van der Waals surface area contributed by atoms with Crippen LogP contribution in [0.5, 0.6) is 0 Å². The van der Waals surface area contributed by atoms with Gasteiger partial charge < -0.3 is 5.73 Å². The smallest absolute Gasteiger partial charge is 0.241 e. The molecule has 0 aliphatic carbocycles. The molecule has 1 atom stereocenters. The molecule has 8 heteroatoms. The van der Waals surface area contributed by atoms with Crippen molar-refractivity contribution in [3.8, 4) is 0 Å². The molecule has 1 heterocycles. The fraction of sp³-hybridized carbons (Fsp3) is 0.308. The maximum atomic E-state index is 13.3. The molecule has 0 spiro atoms. The summed E-state index contributed by atoms with van der Waals surface area (Å²) in [6.45, 7) is 3.69. The maximum absolute atomic E-state index is 13.3. The van der Waals surface area contributed by atoms with Crippen molar-refractivity contribution in [2.24, 2.45) is 0 Å². The van der Waals surface area contributed by atoms with E-state index >= 15 is 0 Å². The Morgan fingerprint density at radius 1 is 1.43 bits per heavy atom. The highest BCUT2D eigenvalue weighted by molar-refractivity contribution is 7.89. The van der Waals surface area contributed by atoms with Gasteiger partial charge in [0, 0.05) is 16.8 Å². The lowest BCUT2D eigenvalue weighted by molar-refractivity contribution is 0.563. The van der Waals surface area contributed by atoms with Gasteiger partial charge in [0.25, 0.3) is 0 Å². The van der Waals surface area contributed by atoms with Crippen molar-refractivity contribution < 1.29 is 12.8 Å². The first kappa shape index (κ1) is 15.9. The Morgan fingerprint density at radius 3 is 2.71 bits per heavy atom. The Balaban J connectivity index is 2.24. The summed E-state index contributed by atoms with van der Waals surface area (Å²) in [5.41, 5.74) is 5.54. The number of rotatable bonds is 5. The van der Waals surface area contributed by atoms with E-state index in [-0.39, 0.29) is 10.6 Å². The van der Waals surface area contributed by atoms with Crippen LogP contribution in [-0.2, 0) is 16.4 Å². The van der Waals surface area contributed by atoms with Crippen molar-refractivity contribution in [2.45, 2.75) is 31.2 Å². The zero-order chi connectivity index (χ0) is 15.6. The first-order chi connectivity index (χ1) is 9.81. The van der Waals surface area contributed by atoms with Crippen molar-refractivity contribution in [2.75, 3.05) is 5.73 Å². The van der Waals surface area contributed by atoms with Gasteiger partial charge in [0.05, 0.1) is 10.9 Å². The molecule has 0 amide bonds. The molecule has 21 heavy (non-hydrogen) atoms. The predicted molar refractivity (Wildman–Crippen MR) is 81.0 cm³/mol. The number of aromatic nitrogens is 1. The summed E-state index contributed by atoms with van der Waals surface area (Å²) >= 11 is 1.45. The van der Waals surface area contributed by atoms with Crippen LogP contribution in [-0.4, -0.2) is 13.4 Å². The van der Waals surface area contributed by atoms with Gasteiger partial charge in [-0.05, 0) is 31.5 Å². The molecule has 5 nitrogen and oxygen atoms in total. The number of sulfonamides is 1. The Bertz CT molecular complexity index is 723. The van der Waals surface area contributed by atoms with Gasteiger partial charge in [-0.3, -0.25) is 0 Å². The zero-order valence-corrected chi connectivity index (χ0v) is 13.3. The number of hydrogen-bond acceptors (Lipinski definition) is 5. The van der Waals surface area contributed by atoms with E-state index in [9.17, 15) is 12.8 Å². The second kappa shape index (κ2) is 6.08. The van der Waals surface area contributed by atoms with Crippen LogP contribution in [0.15, 0.2) is 29.3 Å². The standard InChI is InChI=1S/C13H16FN3O2S2/c1-3-11-7-16-13(20-11)8(2)17-21(18,19)12-5-9(14)4-10(15)6-12/h4-8,17H,3,15H2,1-2H3. The molecule has 0 aliphatic heterocycles. The molecule has 1 unspecified atom stereocenters. The van der Waals surface area contributed by atoms with Gasteiger partial charge in [-0.15, -0.1) is 11.3 Å². The second-order valence-electron chi connectivity index (χ2n) is 4.58. The summed E-state index contributed by atoms with van der Waals surface area (Å²) in [5.74, 6) is -0.689. The van der Waals surface area contributed by atoms with Crippen LogP contribution in [0.1, 0.15) is 29.8 Å². The lowest BCUT2D eigenvalue weighted by Gasteiger charge is -2.12. The number of benzene rings is 1. The Labute approximate surface area is 127 Å². The molecule has 1 aromatic heterocycles. The molecule has 0 saturated carbocycles. The fourth-order valence-corrected chi connectivity index (χ4v) is 3.98. The Kier molecular flexibility index (Phi) is 4.60. The number of nitrogen functional groups attached to an aromatic ring is 1. The molecule has 0 saturated heterocycles. The lowest BCUT2D eigenvalue weighted by Crippen LogP contribution is -2.27. The number of halogens is 1. The number of aryl methyl sites for hydroxylation is 1. The molecule has 0 radical (unpaired) electrons. The molecule has 2 aromatic rings. The van der Waals surface area contributed by atoms with Gasteiger partial charge in [-0.1, -0.05) is 6.92 Å². The summed E-state index contributed by atoms with van der Waals surface area (Å²) in [4.78, 5) is 5.07. The normalized spacial score (nSPS) is 13.3. The van der Waals surface area contributed by atoms with Crippen LogP contribution < -0.4 is 10.5 Å². The topological polar surface area (TPSA) is 85.1 Å². The highest BCUT2D eigenvalue weighted by Crippen LogP contribution is 2.23. The first-order valence-electron chi connectivity index (χ1n) is 6.35. The zero-order valence-electron chi connectivity index (χ0n) is 11.6. The molecule has 0 fully saturated rings. The third kappa shape index (κ3) is 3.78. The van der Waals surface area contributed by atoms with E-state index in [0.29, 0.717) is 5.01 Å². The Hall–Kier alpha value is -1.51. The molecule has 2 rings (SSSR count). The van der Waals surface area contributed by atoms with E-state index in [0.717, 1.165) is 23.4 Å². The quantitative estimate of drug-likeness (QED) is 0.825. The number of nitrogens with one attached hydrogen (secondary N) is 1. The molecule has 0 bridgehead atoms. The minimum Gasteiger partial charge on any atom is -0.399 e. The minimum absolute atomic E-state index is 0.0607. The van der Waals surface area contributed by atoms with Crippen molar-refractivity contribution >= 4 is 27.0 Å². The van der Waals surface area contributed by atoms with E-state index in [2.05, 4.69) is 9.71 Å². The van der Waals surface area contributed by atoms with Crippen LogP contribution in [0.3, 0.4) is 0 Å². The number of nitrogens with zero attached hydrogens (tertiary/aromatic N) is 1. The number of thiazole rings is 1. The van der Waals surface area contributed by atoms with Crippen LogP contribution in [0.2, 0.25) is 0 Å². The predicted octanol–water partition coefficient (Wildman–Crippen LogP) is 2.47. The monoisotopic (exact) mass is 329 g/mol. The number of nitrogens with two attached hydrogens (primary N) is 1. The maximum Gasteiger partial charge on any atom is 0.241 e. The third-order valence-electron chi connectivity index (χ3n) is 2.83. The third-order valence-corrected chi connectivity index (χ3v) is 5.67. The lowest BCUT2D eigenvalue weighted by atomic mass is 10.3. The highest BCUT2D eigenvalue weighted by atomic mass is 32.2. The van der Waals surface area contributed by atoms with E-state index in [1.165, 1.54) is 17.4 Å². The van der Waals surface area contributed by atoms with Gasteiger partial charge in [0.2, 0.25) is 10.0 Å². The summed E-state index contributed by atoms with van der Waals surface area (Å²) in [6, 6.07) is 2.73. The fourth-order valence-electron chi connectivity index (χ4n) is 1.78.